The van der Waals surface area contributed by atoms with Crippen molar-refractivity contribution in [3.63, 3.8) is 0 Å². The van der Waals surface area contributed by atoms with E-state index in [0.29, 0.717) is 10.3 Å². The largest absolute Gasteiger partial charge is 0.468 e. The predicted octanol–water partition coefficient (Wildman–Crippen LogP) is 3.98. The summed E-state index contributed by atoms with van der Waals surface area (Å²) in [6.07, 6.45) is 1.69. The molecule has 10 heteroatoms. The Balaban J connectivity index is 1.76. The fourth-order valence-electron chi connectivity index (χ4n) is 2.37. The number of methoxy groups -OCH3 is 1. The third kappa shape index (κ3) is 5.21. The van der Waals surface area contributed by atoms with Crippen LogP contribution in [0.1, 0.15) is 5.69 Å². The highest BCUT2D eigenvalue weighted by Gasteiger charge is 2.17. The molecule has 1 aromatic carbocycles. The van der Waals surface area contributed by atoms with Crippen molar-refractivity contribution in [1.82, 2.24) is 14.5 Å². The molecule has 2 heterocycles. The molecule has 0 bridgehead atoms. The van der Waals surface area contributed by atoms with Gasteiger partial charge in [0.25, 0.3) is 0 Å². The number of halogens is 1. The number of esters is 1. The molecular formula is C18H17BrN4O3S2. The van der Waals surface area contributed by atoms with Crippen molar-refractivity contribution in [3.05, 3.63) is 46.0 Å². The molecule has 2 aromatic heterocycles. The highest BCUT2D eigenvalue weighted by molar-refractivity contribution is 9.10. The maximum Gasteiger partial charge on any atom is 0.325 e. The van der Waals surface area contributed by atoms with E-state index in [0.717, 1.165) is 21.4 Å². The second kappa shape index (κ2) is 9.35. The second-order valence-corrected chi connectivity index (χ2v) is 8.44. The van der Waals surface area contributed by atoms with Crippen molar-refractivity contribution in [1.29, 1.82) is 0 Å². The standard InChI is InChI=1S/C18H17BrN4O3S2/c1-11-9-27-17(21-11)22-15(24)10-28-18-20-7-14(23(18)8-16(25)26-2)12-3-5-13(19)6-4-12/h3-7,9H,8,10H2,1-2H3,(H,21,22,24). The lowest BCUT2D eigenvalue weighted by Gasteiger charge is -2.11. The monoisotopic (exact) mass is 480 g/mol. The van der Waals surface area contributed by atoms with Gasteiger partial charge >= 0.3 is 5.97 Å². The number of hydrogen-bond donors (Lipinski definition) is 1. The summed E-state index contributed by atoms with van der Waals surface area (Å²) in [5.41, 5.74) is 2.55. The number of imidazole rings is 1. The van der Waals surface area contributed by atoms with E-state index < -0.39 is 0 Å². The summed E-state index contributed by atoms with van der Waals surface area (Å²) >= 11 is 6.04. The number of thioether (sulfide) groups is 1. The van der Waals surface area contributed by atoms with Gasteiger partial charge in [-0.3, -0.25) is 9.59 Å². The molecule has 7 nitrogen and oxygen atoms in total. The molecule has 28 heavy (non-hydrogen) atoms. The molecule has 0 aliphatic rings. The lowest BCUT2D eigenvalue weighted by molar-refractivity contribution is -0.141. The minimum atomic E-state index is -0.388. The van der Waals surface area contributed by atoms with Crippen LogP contribution >= 0.6 is 39.0 Å². The molecule has 3 rings (SSSR count). The number of hydrogen-bond acceptors (Lipinski definition) is 7. The molecule has 0 fully saturated rings. The number of nitrogens with one attached hydrogen (secondary N) is 1. The topological polar surface area (TPSA) is 86.1 Å². The molecule has 1 N–H and O–H groups in total. The number of ether oxygens (including phenoxy) is 1. The number of thiazole rings is 1. The van der Waals surface area contributed by atoms with Crippen LogP contribution in [0.5, 0.6) is 0 Å². The first-order valence-corrected chi connectivity index (χ1v) is 10.8. The smallest absolute Gasteiger partial charge is 0.325 e. The second-order valence-electron chi connectivity index (χ2n) is 5.73. The Morgan fingerprint density at radius 1 is 1.32 bits per heavy atom. The van der Waals surface area contributed by atoms with Crippen molar-refractivity contribution >= 4 is 56.0 Å². The minimum absolute atomic E-state index is 0.0114. The highest BCUT2D eigenvalue weighted by Crippen LogP contribution is 2.27. The van der Waals surface area contributed by atoms with E-state index in [2.05, 4.69) is 31.2 Å². The number of nitrogens with zero attached hydrogens (tertiary/aromatic N) is 3. The molecule has 146 valence electrons. The van der Waals surface area contributed by atoms with E-state index in [4.69, 9.17) is 4.74 Å². The van der Waals surface area contributed by atoms with Crippen LogP contribution in [0.4, 0.5) is 5.13 Å². The van der Waals surface area contributed by atoms with Gasteiger partial charge in [-0.05, 0) is 24.6 Å². The summed E-state index contributed by atoms with van der Waals surface area (Å²) in [7, 11) is 1.34. The van der Waals surface area contributed by atoms with E-state index in [1.54, 1.807) is 10.8 Å². The number of amides is 1. The van der Waals surface area contributed by atoms with Crippen LogP contribution in [-0.4, -0.2) is 39.3 Å². The van der Waals surface area contributed by atoms with Crippen LogP contribution in [0.15, 0.2) is 45.5 Å². The summed E-state index contributed by atoms with van der Waals surface area (Å²) in [6, 6.07) is 7.70. The maximum absolute atomic E-state index is 12.2. The lowest BCUT2D eigenvalue weighted by Crippen LogP contribution is -2.16. The van der Waals surface area contributed by atoms with Gasteiger partial charge in [0.2, 0.25) is 5.91 Å². The van der Waals surface area contributed by atoms with Gasteiger partial charge in [0.15, 0.2) is 10.3 Å². The first-order chi connectivity index (χ1) is 13.5. The molecule has 0 saturated heterocycles. The first kappa shape index (κ1) is 20.6. The molecule has 0 spiro atoms. The zero-order valence-corrected chi connectivity index (χ0v) is 18.4. The zero-order chi connectivity index (χ0) is 20.1. The summed E-state index contributed by atoms with van der Waals surface area (Å²) in [6.45, 7) is 1.88. The van der Waals surface area contributed by atoms with Gasteiger partial charge in [-0.1, -0.05) is 39.8 Å². The summed E-state index contributed by atoms with van der Waals surface area (Å²) < 4.78 is 7.51. The molecular weight excluding hydrogens is 464 g/mol. The van der Waals surface area contributed by atoms with Gasteiger partial charge in [-0.15, -0.1) is 11.3 Å². The fraction of sp³-hybridized carbons (Fsp3) is 0.222. The zero-order valence-electron chi connectivity index (χ0n) is 15.1. The Labute approximate surface area is 178 Å². The van der Waals surface area contributed by atoms with E-state index >= 15 is 0 Å². The average Bonchev–Trinajstić information content (AvgIpc) is 3.26. The van der Waals surface area contributed by atoms with Crippen LogP contribution in [-0.2, 0) is 20.9 Å². The predicted molar refractivity (Wildman–Crippen MR) is 114 cm³/mol. The average molecular weight is 481 g/mol. The molecule has 1 amide bonds. The van der Waals surface area contributed by atoms with Gasteiger partial charge in [-0.25, -0.2) is 9.97 Å². The quantitative estimate of drug-likeness (QED) is 0.406. The Hall–Kier alpha value is -2.17. The maximum atomic E-state index is 12.2. The van der Waals surface area contributed by atoms with Crippen molar-refractivity contribution in [2.75, 3.05) is 18.2 Å². The molecule has 0 aliphatic carbocycles. The number of aryl methyl sites for hydroxylation is 1. The van der Waals surface area contributed by atoms with Gasteiger partial charge in [-0.2, -0.15) is 0 Å². The third-order valence-corrected chi connectivity index (χ3v) is 6.07. The normalized spacial score (nSPS) is 10.7. The summed E-state index contributed by atoms with van der Waals surface area (Å²) in [5, 5.41) is 5.76. The Morgan fingerprint density at radius 3 is 2.71 bits per heavy atom. The van der Waals surface area contributed by atoms with Crippen molar-refractivity contribution in [3.8, 4) is 11.3 Å². The highest BCUT2D eigenvalue weighted by atomic mass is 79.9. The fourth-order valence-corrected chi connectivity index (χ4v) is 4.12. The Kier molecular flexibility index (Phi) is 6.87. The SMILES string of the molecule is COC(=O)Cn1c(-c2ccc(Br)cc2)cnc1SCC(=O)Nc1nc(C)cs1. The number of anilines is 1. The van der Waals surface area contributed by atoms with Crippen LogP contribution in [0.3, 0.4) is 0 Å². The van der Waals surface area contributed by atoms with Crippen molar-refractivity contribution in [2.45, 2.75) is 18.6 Å². The number of rotatable bonds is 7. The van der Waals surface area contributed by atoms with E-state index in [1.807, 2.05) is 36.6 Å². The Bertz CT molecular complexity index is 985. The first-order valence-electron chi connectivity index (χ1n) is 8.19. The third-order valence-electron chi connectivity index (χ3n) is 3.67. The minimum Gasteiger partial charge on any atom is -0.468 e. The molecule has 0 aliphatic heterocycles. The molecule has 0 radical (unpaired) electrons. The number of carbonyl (C=O) groups excluding carboxylic acids is 2. The molecule has 0 unspecified atom stereocenters. The number of aromatic nitrogens is 3. The summed E-state index contributed by atoms with van der Waals surface area (Å²) in [4.78, 5) is 32.7. The van der Waals surface area contributed by atoms with Gasteiger partial charge in [0.1, 0.15) is 6.54 Å². The van der Waals surface area contributed by atoms with Crippen LogP contribution < -0.4 is 5.32 Å². The van der Waals surface area contributed by atoms with Gasteiger partial charge < -0.3 is 14.6 Å². The van der Waals surface area contributed by atoms with Crippen LogP contribution in [0, 0.1) is 6.92 Å². The molecule has 3 aromatic rings. The Morgan fingerprint density at radius 2 is 2.07 bits per heavy atom. The lowest BCUT2D eigenvalue weighted by atomic mass is 10.2. The number of carbonyl (C=O) groups is 2. The van der Waals surface area contributed by atoms with Crippen LogP contribution in [0.25, 0.3) is 11.3 Å². The van der Waals surface area contributed by atoms with Gasteiger partial charge in [0.05, 0.1) is 30.4 Å². The van der Waals surface area contributed by atoms with Crippen molar-refractivity contribution < 1.29 is 14.3 Å². The van der Waals surface area contributed by atoms with Crippen LogP contribution in [0.2, 0.25) is 0 Å². The van der Waals surface area contributed by atoms with E-state index in [-0.39, 0.29) is 24.2 Å². The summed E-state index contributed by atoms with van der Waals surface area (Å²) in [5.74, 6) is -0.422. The van der Waals surface area contributed by atoms with E-state index in [1.165, 1.54) is 30.2 Å². The number of benzene rings is 1. The van der Waals surface area contributed by atoms with E-state index in [9.17, 15) is 9.59 Å². The van der Waals surface area contributed by atoms with Gasteiger partial charge in [0, 0.05) is 9.85 Å². The molecule has 0 saturated carbocycles. The van der Waals surface area contributed by atoms with Crippen molar-refractivity contribution in [2.24, 2.45) is 0 Å². The molecule has 0 atom stereocenters.